The summed E-state index contributed by atoms with van der Waals surface area (Å²) in [5.74, 6) is -0.738. The van der Waals surface area contributed by atoms with Crippen LogP contribution in [0.5, 0.6) is 0 Å². The van der Waals surface area contributed by atoms with Crippen LogP contribution in [0, 0.1) is 5.92 Å². The zero-order chi connectivity index (χ0) is 13.1. The second kappa shape index (κ2) is 5.03. The minimum absolute atomic E-state index is 0.0133. The number of nitrogens with two attached hydrogens (primary N) is 1. The van der Waals surface area contributed by atoms with E-state index in [2.05, 4.69) is 10.3 Å². The third-order valence-electron chi connectivity index (χ3n) is 2.98. The van der Waals surface area contributed by atoms with Crippen LogP contribution in [0.1, 0.15) is 29.6 Å². The Labute approximate surface area is 104 Å². The van der Waals surface area contributed by atoms with Gasteiger partial charge < -0.3 is 16.2 Å². The van der Waals surface area contributed by atoms with Gasteiger partial charge in [0.15, 0.2) is 0 Å². The van der Waals surface area contributed by atoms with Crippen molar-refractivity contribution in [3.05, 3.63) is 23.9 Å². The molecule has 0 aromatic carbocycles. The molecule has 1 fully saturated rings. The molecule has 1 unspecified atom stereocenters. The van der Waals surface area contributed by atoms with Crippen LogP contribution in [0.25, 0.3) is 0 Å². The second-order valence-electron chi connectivity index (χ2n) is 4.45. The number of amides is 1. The molecule has 6 heteroatoms. The van der Waals surface area contributed by atoms with E-state index >= 15 is 0 Å². The molecule has 1 aromatic rings. The summed E-state index contributed by atoms with van der Waals surface area (Å²) in [7, 11) is 0. The van der Waals surface area contributed by atoms with Gasteiger partial charge in [-0.15, -0.1) is 0 Å². The zero-order valence-electron chi connectivity index (χ0n) is 9.80. The van der Waals surface area contributed by atoms with Gasteiger partial charge in [-0.25, -0.2) is 4.98 Å². The second-order valence-corrected chi connectivity index (χ2v) is 4.45. The molecule has 18 heavy (non-hydrogen) atoms. The highest BCUT2D eigenvalue weighted by Gasteiger charge is 2.33. The van der Waals surface area contributed by atoms with Crippen LogP contribution in [0.4, 0.5) is 5.82 Å². The van der Waals surface area contributed by atoms with E-state index in [-0.39, 0.29) is 18.0 Å². The Morgan fingerprint density at radius 3 is 2.83 bits per heavy atom. The summed E-state index contributed by atoms with van der Waals surface area (Å²) >= 11 is 0. The third kappa shape index (κ3) is 2.97. The summed E-state index contributed by atoms with van der Waals surface area (Å²) in [4.78, 5) is 26.1. The molecule has 1 aliphatic carbocycles. The summed E-state index contributed by atoms with van der Waals surface area (Å²) < 4.78 is 0. The number of rotatable bonds is 6. The highest BCUT2D eigenvalue weighted by atomic mass is 16.4. The van der Waals surface area contributed by atoms with Crippen molar-refractivity contribution in [2.24, 2.45) is 11.7 Å². The first-order valence-electron chi connectivity index (χ1n) is 5.81. The molecule has 1 saturated carbocycles. The van der Waals surface area contributed by atoms with Crippen molar-refractivity contribution >= 4 is 17.7 Å². The molecule has 1 aliphatic rings. The number of carboxylic acids is 1. The van der Waals surface area contributed by atoms with Crippen LogP contribution < -0.4 is 11.1 Å². The van der Waals surface area contributed by atoms with E-state index in [0.717, 1.165) is 12.8 Å². The Morgan fingerprint density at radius 2 is 2.28 bits per heavy atom. The van der Waals surface area contributed by atoms with E-state index in [0.29, 0.717) is 11.7 Å². The number of anilines is 1. The van der Waals surface area contributed by atoms with Gasteiger partial charge in [0.05, 0.1) is 12.0 Å². The minimum atomic E-state index is -0.865. The van der Waals surface area contributed by atoms with Crippen LogP contribution >= 0.6 is 0 Å². The summed E-state index contributed by atoms with van der Waals surface area (Å²) in [6, 6.07) is 2.99. The van der Waals surface area contributed by atoms with Crippen LogP contribution in [0.2, 0.25) is 0 Å². The maximum absolute atomic E-state index is 11.2. The third-order valence-corrected chi connectivity index (χ3v) is 2.98. The number of carbonyl (C=O) groups excluding carboxylic acids is 1. The Hall–Kier alpha value is -2.11. The van der Waals surface area contributed by atoms with Gasteiger partial charge in [-0.1, -0.05) is 0 Å². The number of hydrogen-bond acceptors (Lipinski definition) is 4. The first kappa shape index (κ1) is 12.3. The molecular weight excluding hydrogens is 234 g/mol. The average Bonchev–Trinajstić information content (AvgIpc) is 3.11. The molecule has 96 valence electrons. The smallest absolute Gasteiger partial charge is 0.305 e. The van der Waals surface area contributed by atoms with Crippen LogP contribution in [-0.4, -0.2) is 28.0 Å². The Kier molecular flexibility index (Phi) is 3.45. The standard InChI is InChI=1S/C12H15N3O3/c13-11(18)8-2-1-5-14-12(8)15-9(6-10(16)17)7-3-4-7/h1-2,5,7,9H,3-4,6H2,(H2,13,18)(H,14,15)(H,16,17). The van der Waals surface area contributed by atoms with E-state index in [9.17, 15) is 9.59 Å². The number of nitrogens with zero attached hydrogens (tertiary/aromatic N) is 1. The molecule has 0 spiro atoms. The van der Waals surface area contributed by atoms with Crippen LogP contribution in [0.15, 0.2) is 18.3 Å². The topological polar surface area (TPSA) is 105 Å². The molecule has 6 nitrogen and oxygen atoms in total. The largest absolute Gasteiger partial charge is 0.481 e. The number of aromatic nitrogens is 1. The first-order chi connectivity index (χ1) is 8.58. The highest BCUT2D eigenvalue weighted by molar-refractivity contribution is 5.97. The maximum Gasteiger partial charge on any atom is 0.305 e. The van der Waals surface area contributed by atoms with Crippen LogP contribution in [0.3, 0.4) is 0 Å². The minimum Gasteiger partial charge on any atom is -0.481 e. The van der Waals surface area contributed by atoms with Crippen molar-refractivity contribution in [2.75, 3.05) is 5.32 Å². The predicted octanol–water partition coefficient (Wildman–Crippen LogP) is 0.846. The summed E-state index contributed by atoms with van der Waals surface area (Å²) in [6.45, 7) is 0. The molecule has 0 saturated heterocycles. The number of aliphatic carboxylic acids is 1. The van der Waals surface area contributed by atoms with Crippen molar-refractivity contribution in [3.8, 4) is 0 Å². The van der Waals surface area contributed by atoms with Gasteiger partial charge in [-0.05, 0) is 30.9 Å². The summed E-state index contributed by atoms with van der Waals surface area (Å²) in [6.07, 6.45) is 3.56. The van der Waals surface area contributed by atoms with Gasteiger partial charge in [-0.3, -0.25) is 9.59 Å². The number of primary amides is 1. The maximum atomic E-state index is 11.2. The zero-order valence-corrected chi connectivity index (χ0v) is 9.80. The normalized spacial score (nSPS) is 16.0. The molecule has 0 aliphatic heterocycles. The Morgan fingerprint density at radius 1 is 1.56 bits per heavy atom. The molecule has 1 aromatic heterocycles. The Balaban J connectivity index is 2.15. The Bertz CT molecular complexity index is 471. The number of nitrogens with one attached hydrogen (secondary N) is 1. The van der Waals surface area contributed by atoms with Gasteiger partial charge in [0.25, 0.3) is 5.91 Å². The van der Waals surface area contributed by atoms with Gasteiger partial charge in [0.2, 0.25) is 0 Å². The SMILES string of the molecule is NC(=O)c1cccnc1NC(CC(=O)O)C1CC1. The van der Waals surface area contributed by atoms with Gasteiger partial charge >= 0.3 is 5.97 Å². The van der Waals surface area contributed by atoms with E-state index in [4.69, 9.17) is 10.8 Å². The molecule has 2 rings (SSSR count). The average molecular weight is 249 g/mol. The first-order valence-corrected chi connectivity index (χ1v) is 5.81. The summed E-state index contributed by atoms with van der Waals surface area (Å²) in [5, 5.41) is 11.9. The molecule has 1 amide bonds. The molecule has 1 heterocycles. The van der Waals surface area contributed by atoms with E-state index in [1.807, 2.05) is 0 Å². The van der Waals surface area contributed by atoms with Crippen molar-refractivity contribution in [3.63, 3.8) is 0 Å². The quantitative estimate of drug-likeness (QED) is 0.693. The molecule has 4 N–H and O–H groups in total. The number of carbonyl (C=O) groups is 2. The molecule has 0 bridgehead atoms. The predicted molar refractivity (Wildman–Crippen MR) is 65.1 cm³/mol. The monoisotopic (exact) mass is 249 g/mol. The number of hydrogen-bond donors (Lipinski definition) is 3. The van der Waals surface area contributed by atoms with Crippen LogP contribution in [-0.2, 0) is 4.79 Å². The van der Waals surface area contributed by atoms with Crippen molar-refractivity contribution in [1.29, 1.82) is 0 Å². The lowest BCUT2D eigenvalue weighted by Crippen LogP contribution is -2.27. The number of carboxylic acid groups (broad SMARTS) is 1. The van der Waals surface area contributed by atoms with E-state index < -0.39 is 11.9 Å². The fraction of sp³-hybridized carbons (Fsp3) is 0.417. The lowest BCUT2D eigenvalue weighted by atomic mass is 10.1. The summed E-state index contributed by atoms with van der Waals surface area (Å²) in [5.41, 5.74) is 5.53. The van der Waals surface area contributed by atoms with Gasteiger partial charge in [0.1, 0.15) is 5.82 Å². The lowest BCUT2D eigenvalue weighted by molar-refractivity contribution is -0.137. The van der Waals surface area contributed by atoms with Gasteiger partial charge in [0, 0.05) is 12.2 Å². The van der Waals surface area contributed by atoms with Crippen molar-refractivity contribution in [2.45, 2.75) is 25.3 Å². The highest BCUT2D eigenvalue weighted by Crippen LogP contribution is 2.35. The lowest BCUT2D eigenvalue weighted by Gasteiger charge is -2.18. The fourth-order valence-corrected chi connectivity index (χ4v) is 1.92. The molecular formula is C12H15N3O3. The van der Waals surface area contributed by atoms with Crippen molar-refractivity contribution < 1.29 is 14.7 Å². The fourth-order valence-electron chi connectivity index (χ4n) is 1.92. The molecule has 0 radical (unpaired) electrons. The number of pyridine rings is 1. The van der Waals surface area contributed by atoms with E-state index in [1.54, 1.807) is 18.3 Å². The van der Waals surface area contributed by atoms with Gasteiger partial charge in [-0.2, -0.15) is 0 Å². The van der Waals surface area contributed by atoms with Crippen molar-refractivity contribution in [1.82, 2.24) is 4.98 Å². The molecule has 1 atom stereocenters. The van der Waals surface area contributed by atoms with E-state index in [1.165, 1.54) is 0 Å².